The molecule has 3 heteroatoms. The maximum atomic E-state index is 8.68. The van der Waals surface area contributed by atoms with Crippen molar-refractivity contribution in [2.24, 2.45) is 11.1 Å². The quantitative estimate of drug-likeness (QED) is 0.548. The number of aliphatic hydroxyl groups is 1. The van der Waals surface area contributed by atoms with Crippen molar-refractivity contribution >= 4 is 0 Å². The van der Waals surface area contributed by atoms with Gasteiger partial charge in [0, 0.05) is 6.61 Å². The van der Waals surface area contributed by atoms with E-state index in [-0.39, 0.29) is 0 Å². The smallest absolute Gasteiger partial charge is 0.0431 e. The fourth-order valence-electron chi connectivity index (χ4n) is 1.87. The zero-order chi connectivity index (χ0) is 13.1. The van der Waals surface area contributed by atoms with E-state index in [1.165, 1.54) is 32.2 Å². The lowest BCUT2D eigenvalue weighted by molar-refractivity contribution is 0.267. The van der Waals surface area contributed by atoms with Crippen LogP contribution in [0.4, 0.5) is 0 Å². The van der Waals surface area contributed by atoms with E-state index in [1.54, 1.807) is 0 Å². The van der Waals surface area contributed by atoms with Crippen LogP contribution in [0.5, 0.6) is 0 Å². The second-order valence-corrected chi connectivity index (χ2v) is 5.91. The van der Waals surface area contributed by atoms with Gasteiger partial charge in [0.15, 0.2) is 0 Å². The van der Waals surface area contributed by atoms with Crippen LogP contribution in [0, 0.1) is 5.41 Å². The summed E-state index contributed by atoms with van der Waals surface area (Å²) in [5.74, 6) is 0. The van der Waals surface area contributed by atoms with Crippen LogP contribution in [-0.4, -0.2) is 43.3 Å². The summed E-state index contributed by atoms with van der Waals surface area (Å²) < 4.78 is 0. The van der Waals surface area contributed by atoms with Gasteiger partial charge in [-0.3, -0.25) is 0 Å². The van der Waals surface area contributed by atoms with Crippen LogP contribution in [0.2, 0.25) is 0 Å². The number of aliphatic hydroxyl groups excluding tert-OH is 1. The molecule has 0 aliphatic rings. The molecule has 0 amide bonds. The van der Waals surface area contributed by atoms with Crippen molar-refractivity contribution in [3.8, 4) is 0 Å². The average Bonchev–Trinajstić information content (AvgIpc) is 2.30. The normalized spacial score (nSPS) is 12.4. The van der Waals surface area contributed by atoms with Gasteiger partial charge in [-0.25, -0.2) is 0 Å². The first kappa shape index (κ1) is 16.9. The highest BCUT2D eigenvalue weighted by Gasteiger charge is 2.14. The third-order valence-corrected chi connectivity index (χ3v) is 3.39. The van der Waals surface area contributed by atoms with E-state index in [0.717, 1.165) is 25.9 Å². The number of nitrogens with zero attached hydrogens (tertiary/aromatic N) is 1. The summed E-state index contributed by atoms with van der Waals surface area (Å²) >= 11 is 0. The Morgan fingerprint density at radius 2 is 1.59 bits per heavy atom. The predicted octanol–water partition coefficient (Wildman–Crippen LogP) is 2.24. The molecule has 0 unspecified atom stereocenters. The van der Waals surface area contributed by atoms with E-state index >= 15 is 0 Å². The first-order valence-corrected chi connectivity index (χ1v) is 7.01. The van der Waals surface area contributed by atoms with Gasteiger partial charge in [-0.2, -0.15) is 0 Å². The van der Waals surface area contributed by atoms with Crippen LogP contribution in [0.1, 0.15) is 52.4 Å². The Morgan fingerprint density at radius 3 is 2.12 bits per heavy atom. The predicted molar refractivity (Wildman–Crippen MR) is 75.1 cm³/mol. The molecule has 3 nitrogen and oxygen atoms in total. The van der Waals surface area contributed by atoms with Crippen molar-refractivity contribution in [2.75, 3.05) is 33.3 Å². The highest BCUT2D eigenvalue weighted by Crippen LogP contribution is 2.21. The van der Waals surface area contributed by atoms with E-state index < -0.39 is 0 Å². The second kappa shape index (κ2) is 9.86. The maximum absolute atomic E-state index is 8.68. The van der Waals surface area contributed by atoms with Crippen LogP contribution in [0.15, 0.2) is 0 Å². The zero-order valence-corrected chi connectivity index (χ0v) is 12.0. The summed E-state index contributed by atoms with van der Waals surface area (Å²) in [5.41, 5.74) is 6.02. The molecule has 0 aromatic heterocycles. The summed E-state index contributed by atoms with van der Waals surface area (Å²) in [4.78, 5) is 2.40. The molecule has 0 saturated carbocycles. The largest absolute Gasteiger partial charge is 0.396 e. The van der Waals surface area contributed by atoms with Crippen molar-refractivity contribution in [2.45, 2.75) is 52.4 Å². The number of hydrogen-bond acceptors (Lipinski definition) is 3. The summed E-state index contributed by atoms with van der Waals surface area (Å²) in [6, 6.07) is 0. The Hall–Kier alpha value is -0.120. The van der Waals surface area contributed by atoms with Gasteiger partial charge in [0.05, 0.1) is 0 Å². The lowest BCUT2D eigenvalue weighted by Crippen LogP contribution is -2.24. The molecule has 0 aliphatic heterocycles. The van der Waals surface area contributed by atoms with E-state index in [2.05, 4.69) is 25.8 Å². The summed E-state index contributed by atoms with van der Waals surface area (Å²) in [6.45, 7) is 7.93. The molecule has 17 heavy (non-hydrogen) atoms. The molecule has 0 radical (unpaired) electrons. The fourth-order valence-corrected chi connectivity index (χ4v) is 1.87. The number of nitrogens with two attached hydrogens (primary N) is 1. The third-order valence-electron chi connectivity index (χ3n) is 3.39. The minimum atomic E-state index is 0.305. The van der Waals surface area contributed by atoms with E-state index in [4.69, 9.17) is 10.8 Å². The third kappa shape index (κ3) is 10.7. The molecule has 104 valence electrons. The van der Waals surface area contributed by atoms with Gasteiger partial charge in [0.25, 0.3) is 0 Å². The summed E-state index contributed by atoms with van der Waals surface area (Å²) in [7, 11) is 2.19. The molecular formula is C14H32N2O. The minimum Gasteiger partial charge on any atom is -0.396 e. The Bertz CT molecular complexity index is 172. The first-order chi connectivity index (χ1) is 8.02. The Morgan fingerprint density at radius 1 is 1.00 bits per heavy atom. The van der Waals surface area contributed by atoms with Gasteiger partial charge in [0.2, 0.25) is 0 Å². The van der Waals surface area contributed by atoms with Crippen LogP contribution in [-0.2, 0) is 0 Å². The SMILES string of the molecule is CN(CCCCCO)CCCCC(C)(C)CN. The molecule has 0 aliphatic carbocycles. The first-order valence-electron chi connectivity index (χ1n) is 7.01. The summed E-state index contributed by atoms with van der Waals surface area (Å²) in [5, 5.41) is 8.68. The van der Waals surface area contributed by atoms with Crippen molar-refractivity contribution < 1.29 is 5.11 Å². The molecule has 0 aromatic rings. The highest BCUT2D eigenvalue weighted by molar-refractivity contribution is 4.69. The van der Waals surface area contributed by atoms with Gasteiger partial charge in [0.1, 0.15) is 0 Å². The van der Waals surface area contributed by atoms with Crippen LogP contribution in [0.3, 0.4) is 0 Å². The van der Waals surface area contributed by atoms with E-state index in [9.17, 15) is 0 Å². The molecule has 0 rings (SSSR count). The maximum Gasteiger partial charge on any atom is 0.0431 e. The second-order valence-electron chi connectivity index (χ2n) is 5.91. The molecular weight excluding hydrogens is 212 g/mol. The lowest BCUT2D eigenvalue weighted by atomic mass is 9.87. The molecule has 0 aromatic carbocycles. The van der Waals surface area contributed by atoms with E-state index in [1.807, 2.05) is 0 Å². The minimum absolute atomic E-state index is 0.305. The fraction of sp³-hybridized carbons (Fsp3) is 1.00. The highest BCUT2D eigenvalue weighted by atomic mass is 16.2. The monoisotopic (exact) mass is 244 g/mol. The van der Waals surface area contributed by atoms with Gasteiger partial charge in [-0.05, 0) is 64.2 Å². The topological polar surface area (TPSA) is 49.5 Å². The van der Waals surface area contributed by atoms with Crippen LogP contribution < -0.4 is 5.73 Å². The van der Waals surface area contributed by atoms with Gasteiger partial charge in [-0.1, -0.05) is 20.3 Å². The van der Waals surface area contributed by atoms with Crippen molar-refractivity contribution in [3.63, 3.8) is 0 Å². The summed E-state index contributed by atoms with van der Waals surface area (Å²) in [6.07, 6.45) is 7.04. The van der Waals surface area contributed by atoms with Gasteiger partial charge in [-0.15, -0.1) is 0 Å². The van der Waals surface area contributed by atoms with Crippen LogP contribution >= 0.6 is 0 Å². The lowest BCUT2D eigenvalue weighted by Gasteiger charge is -2.23. The standard InChI is InChI=1S/C14H32N2O/c1-14(2,13-15)9-5-7-11-16(3)10-6-4-8-12-17/h17H,4-13,15H2,1-3H3. The Kier molecular flexibility index (Phi) is 9.79. The number of rotatable bonds is 11. The van der Waals surface area contributed by atoms with Crippen LogP contribution in [0.25, 0.3) is 0 Å². The van der Waals surface area contributed by atoms with Crippen molar-refractivity contribution in [1.82, 2.24) is 4.90 Å². The van der Waals surface area contributed by atoms with E-state index in [0.29, 0.717) is 12.0 Å². The molecule has 0 atom stereocenters. The molecule has 3 N–H and O–H groups in total. The Labute approximate surface area is 107 Å². The number of unbranched alkanes of at least 4 members (excludes halogenated alkanes) is 3. The molecule has 0 fully saturated rings. The number of hydrogen-bond donors (Lipinski definition) is 2. The average molecular weight is 244 g/mol. The van der Waals surface area contributed by atoms with Crippen molar-refractivity contribution in [3.05, 3.63) is 0 Å². The van der Waals surface area contributed by atoms with Gasteiger partial charge >= 0.3 is 0 Å². The Balaban J connectivity index is 3.36. The molecule has 0 heterocycles. The molecule has 0 saturated heterocycles. The molecule has 0 bridgehead atoms. The molecule has 0 spiro atoms. The van der Waals surface area contributed by atoms with Gasteiger partial charge < -0.3 is 15.7 Å². The van der Waals surface area contributed by atoms with Crippen molar-refractivity contribution in [1.29, 1.82) is 0 Å². The zero-order valence-electron chi connectivity index (χ0n) is 12.0.